The number of fused-ring (bicyclic) bond motifs is 5. The molecule has 366 valence electrons. The lowest BCUT2D eigenvalue weighted by atomic mass is 9.83. The van der Waals surface area contributed by atoms with Crippen LogP contribution in [-0.4, -0.2) is 157 Å². The summed E-state index contributed by atoms with van der Waals surface area (Å²) in [5.41, 5.74) is 4.28. The van der Waals surface area contributed by atoms with Crippen LogP contribution in [0.15, 0.2) is 46.9 Å². The normalized spacial score (nSPS) is 26.1. The molecule has 3 aliphatic rings. The van der Waals surface area contributed by atoms with Crippen LogP contribution in [0.2, 0.25) is 5.02 Å². The molecule has 8 atom stereocenters. The first kappa shape index (κ1) is 52.4. The number of hydrogen-bond donors (Lipinski definition) is 5. The monoisotopic (exact) mass is 965 g/mol. The van der Waals surface area contributed by atoms with E-state index in [-0.39, 0.29) is 54.9 Å². The summed E-state index contributed by atoms with van der Waals surface area (Å²) in [5, 5.41) is 35.7. The maximum atomic E-state index is 14.3. The number of hydrogen-bond acceptors (Lipinski definition) is 16. The van der Waals surface area contributed by atoms with Gasteiger partial charge in [0, 0.05) is 58.3 Å². The van der Waals surface area contributed by atoms with Crippen molar-refractivity contribution in [2.45, 2.75) is 107 Å². The zero-order chi connectivity index (χ0) is 48.5. The van der Waals surface area contributed by atoms with Gasteiger partial charge in [0.2, 0.25) is 17.7 Å². The van der Waals surface area contributed by atoms with E-state index < -0.39 is 71.6 Å². The van der Waals surface area contributed by atoms with E-state index in [0.717, 1.165) is 22.9 Å². The Morgan fingerprint density at radius 3 is 2.53 bits per heavy atom. The second-order valence-electron chi connectivity index (χ2n) is 16.9. The van der Waals surface area contributed by atoms with Crippen molar-refractivity contribution in [2.24, 2.45) is 11.7 Å². The summed E-state index contributed by atoms with van der Waals surface area (Å²) in [6.07, 6.45) is 0.461. The average molecular weight is 967 g/mol. The zero-order valence-electron chi connectivity index (χ0n) is 38.7. The number of nitrogens with zero attached hydrogens (tertiary/aromatic N) is 3. The molecule has 0 spiro atoms. The van der Waals surface area contributed by atoms with E-state index in [4.69, 9.17) is 50.5 Å². The highest BCUT2D eigenvalue weighted by Crippen LogP contribution is 2.49. The number of carbonyl (C=O) groups is 4. The van der Waals surface area contributed by atoms with Crippen LogP contribution in [0.25, 0.3) is 0 Å². The molecule has 19 nitrogen and oxygen atoms in total. The molecule has 0 radical (unpaired) electrons. The van der Waals surface area contributed by atoms with Crippen molar-refractivity contribution in [2.75, 3.05) is 71.9 Å². The van der Waals surface area contributed by atoms with E-state index in [1.54, 1.807) is 45.2 Å². The molecule has 2 saturated heterocycles. The van der Waals surface area contributed by atoms with E-state index in [0.29, 0.717) is 49.1 Å². The number of thioether (sulfide) groups is 1. The van der Waals surface area contributed by atoms with Crippen molar-refractivity contribution < 1.29 is 67.7 Å². The maximum Gasteiger partial charge on any atom is 0.409 e. The molecule has 0 unspecified atom stereocenters. The van der Waals surface area contributed by atoms with Crippen LogP contribution in [-0.2, 0) is 55.8 Å². The summed E-state index contributed by atoms with van der Waals surface area (Å²) in [6.45, 7) is 8.78. The number of anilines is 1. The molecule has 3 amide bonds. The standard InChI is InChI=1S/C45H64ClN5O14S/c1-26-10-9-11-34(60-8)45(58)25-32(63-43(57)48-45)27(2)40-44(4,65-40)35(24-37(53)50(6)30-21-29(20-26)22-31(59-7)39(30)46)64-42(56)28(3)49(5)36(52)12-19-66-33-23-38(54)51(41(33)55)14-16-62-18-17-61-15-13-47/h9-11,21-23,27-28,32,34-35,40,54-55,58H,12-20,24-25,47H2,1-8H3,(H,48,57)/t27-,28+,32+,34-,35+,40+,44+,45+/m1/s1. The number of benzene rings is 1. The number of aromatic nitrogens is 1. The molecule has 2 aromatic rings. The number of epoxide rings is 1. The van der Waals surface area contributed by atoms with E-state index in [9.17, 15) is 34.5 Å². The Labute approximate surface area is 394 Å². The molecule has 0 aliphatic carbocycles. The van der Waals surface area contributed by atoms with Crippen molar-refractivity contribution in [3.63, 3.8) is 0 Å². The highest BCUT2D eigenvalue weighted by Gasteiger charge is 2.64. The van der Waals surface area contributed by atoms with Gasteiger partial charge >= 0.3 is 12.1 Å². The Kier molecular flexibility index (Phi) is 18.2. The first-order valence-corrected chi connectivity index (χ1v) is 23.1. The number of likely N-dealkylation sites (N-methyl/N-ethyl adjacent to an activating group) is 1. The van der Waals surface area contributed by atoms with E-state index >= 15 is 0 Å². The smallest absolute Gasteiger partial charge is 0.409 e. The van der Waals surface area contributed by atoms with Crippen LogP contribution in [0.4, 0.5) is 10.5 Å². The minimum atomic E-state index is -1.87. The third-order valence-electron chi connectivity index (χ3n) is 12.2. The van der Waals surface area contributed by atoms with Crippen LogP contribution in [0.1, 0.15) is 52.5 Å². The molecular formula is C45H64ClN5O14S. The highest BCUT2D eigenvalue weighted by atomic mass is 35.5. The fourth-order valence-corrected chi connectivity index (χ4v) is 9.27. The average Bonchev–Trinajstić information content (AvgIpc) is 3.90. The summed E-state index contributed by atoms with van der Waals surface area (Å²) in [5.74, 6) is -2.08. The Bertz CT molecular complexity index is 2120. The molecule has 1 aromatic heterocycles. The number of alkyl carbamates (subject to hydrolysis) is 1. The van der Waals surface area contributed by atoms with Gasteiger partial charge in [0.05, 0.1) is 63.2 Å². The van der Waals surface area contributed by atoms with Gasteiger partial charge in [0.15, 0.2) is 11.6 Å². The predicted molar refractivity (Wildman–Crippen MR) is 245 cm³/mol. The number of amides is 3. The number of rotatable bonds is 17. The van der Waals surface area contributed by atoms with E-state index in [1.807, 2.05) is 13.0 Å². The number of nitrogens with two attached hydrogens (primary N) is 1. The molecule has 4 heterocycles. The summed E-state index contributed by atoms with van der Waals surface area (Å²) in [6, 6.07) is 3.83. The molecule has 1 aromatic carbocycles. The number of carbonyl (C=O) groups excluding carboxylic acids is 4. The summed E-state index contributed by atoms with van der Waals surface area (Å²) in [7, 11) is 5.90. The van der Waals surface area contributed by atoms with Gasteiger partial charge in [0.25, 0.3) is 0 Å². The van der Waals surface area contributed by atoms with E-state index in [2.05, 4.69) is 5.32 Å². The summed E-state index contributed by atoms with van der Waals surface area (Å²) in [4.78, 5) is 57.7. The Morgan fingerprint density at radius 1 is 1.14 bits per heavy atom. The molecule has 4 bridgehead atoms. The minimum Gasteiger partial charge on any atom is -0.495 e. The summed E-state index contributed by atoms with van der Waals surface area (Å²) < 4.78 is 41.4. The number of halogens is 1. The van der Waals surface area contributed by atoms with Gasteiger partial charge in [-0.05, 0) is 44.9 Å². The lowest BCUT2D eigenvalue weighted by Crippen LogP contribution is -2.63. The lowest BCUT2D eigenvalue weighted by molar-refractivity contribution is -0.162. The maximum absolute atomic E-state index is 14.3. The van der Waals surface area contributed by atoms with Gasteiger partial charge < -0.3 is 64.0 Å². The topological polar surface area (TPSA) is 246 Å². The second kappa shape index (κ2) is 23.0. The lowest BCUT2D eigenvalue weighted by Gasteiger charge is -2.42. The van der Waals surface area contributed by atoms with Crippen LogP contribution in [0.5, 0.6) is 17.5 Å². The number of allylic oxidation sites excluding steroid dienone is 3. The van der Waals surface area contributed by atoms with Gasteiger partial charge in [-0.15, -0.1) is 11.8 Å². The van der Waals surface area contributed by atoms with Crippen LogP contribution in [0.3, 0.4) is 0 Å². The van der Waals surface area contributed by atoms with Crippen LogP contribution < -0.4 is 20.7 Å². The molecule has 2 fully saturated rings. The van der Waals surface area contributed by atoms with Crippen molar-refractivity contribution >= 4 is 52.9 Å². The van der Waals surface area contributed by atoms with Crippen molar-refractivity contribution in [3.05, 3.63) is 52.6 Å². The molecule has 66 heavy (non-hydrogen) atoms. The summed E-state index contributed by atoms with van der Waals surface area (Å²) >= 11 is 7.95. The molecule has 21 heteroatoms. The number of ether oxygens (including phenoxy) is 7. The van der Waals surface area contributed by atoms with Gasteiger partial charge in [-0.2, -0.15) is 0 Å². The minimum absolute atomic E-state index is 0.0388. The second-order valence-corrected chi connectivity index (χ2v) is 18.4. The number of nitrogens with one attached hydrogen (secondary N) is 1. The first-order valence-electron chi connectivity index (χ1n) is 21.7. The van der Waals surface area contributed by atoms with Gasteiger partial charge in [-0.3, -0.25) is 19.5 Å². The molecule has 5 rings (SSSR count). The fraction of sp³-hybridized carbons (Fsp3) is 0.600. The number of esters is 1. The van der Waals surface area contributed by atoms with Gasteiger partial charge in [-0.1, -0.05) is 42.3 Å². The number of methoxy groups -OCH3 is 2. The van der Waals surface area contributed by atoms with Crippen molar-refractivity contribution in [3.8, 4) is 17.5 Å². The first-order chi connectivity index (χ1) is 31.3. The Hall–Kier alpha value is -4.54. The quantitative estimate of drug-likeness (QED) is 0.0653. The van der Waals surface area contributed by atoms with Crippen molar-refractivity contribution in [1.29, 1.82) is 0 Å². The predicted octanol–water partition coefficient (Wildman–Crippen LogP) is 3.90. The van der Waals surface area contributed by atoms with E-state index in [1.165, 1.54) is 48.6 Å². The van der Waals surface area contributed by atoms with Crippen molar-refractivity contribution in [1.82, 2.24) is 14.8 Å². The Morgan fingerprint density at radius 2 is 1.85 bits per heavy atom. The largest absolute Gasteiger partial charge is 0.495 e. The highest BCUT2D eigenvalue weighted by molar-refractivity contribution is 7.99. The SMILES string of the molecule is COc1cc2cc(c1Cl)N(C)C(=O)C[C@H](OC(=O)[C@H](C)N(C)C(=O)CCSc1cc(O)n(CCOCCOCCN)c1O)[C@]1(C)O[C@H]1[C@H](C)[C@@H]1C[C@@](O)(NC(=O)O1)[C@H](OC)C=CC=C(C)C2. The van der Waals surface area contributed by atoms with Gasteiger partial charge in [0.1, 0.15) is 40.7 Å². The molecule has 0 saturated carbocycles. The third kappa shape index (κ3) is 12.5. The van der Waals surface area contributed by atoms with Crippen LogP contribution in [0, 0.1) is 5.92 Å². The number of aliphatic hydroxyl groups is 1. The number of aromatic hydroxyl groups is 2. The zero-order valence-corrected chi connectivity index (χ0v) is 40.3. The van der Waals surface area contributed by atoms with Gasteiger partial charge in [-0.25, -0.2) is 9.59 Å². The van der Waals surface area contributed by atoms with Crippen LogP contribution >= 0.6 is 23.4 Å². The molecule has 6 N–H and O–H groups in total. The fourth-order valence-electron chi connectivity index (χ4n) is 8.03. The Balaban J connectivity index is 1.33. The third-order valence-corrected chi connectivity index (χ3v) is 13.6. The molecular weight excluding hydrogens is 902 g/mol. The molecule has 3 aliphatic heterocycles.